The van der Waals surface area contributed by atoms with Gasteiger partial charge in [-0.1, -0.05) is 12.8 Å². The van der Waals surface area contributed by atoms with Crippen molar-refractivity contribution >= 4 is 23.5 Å². The fraction of sp³-hybridized carbons (Fsp3) is 0.538. The van der Waals surface area contributed by atoms with E-state index in [9.17, 15) is 4.79 Å². The van der Waals surface area contributed by atoms with Gasteiger partial charge in [-0.3, -0.25) is 0 Å². The van der Waals surface area contributed by atoms with Crippen LogP contribution in [0.3, 0.4) is 0 Å². The van der Waals surface area contributed by atoms with Crippen LogP contribution in [0.4, 0.5) is 5.82 Å². The Morgan fingerprint density at radius 3 is 2.89 bits per heavy atom. The molecule has 0 amide bonds. The molecule has 0 aliphatic carbocycles. The molecule has 0 aliphatic rings. The summed E-state index contributed by atoms with van der Waals surface area (Å²) in [5.41, 5.74) is 6.18. The number of carbonyl (C=O) groups excluding carboxylic acids is 1. The summed E-state index contributed by atoms with van der Waals surface area (Å²) < 4.78 is 6.80. The Morgan fingerprint density at radius 2 is 2.32 bits per heavy atom. The minimum atomic E-state index is -0.468. The number of nitrogens with two attached hydrogens (primary N) is 1. The number of aromatic nitrogens is 2. The van der Waals surface area contributed by atoms with E-state index in [1.54, 1.807) is 18.7 Å². The van der Waals surface area contributed by atoms with Crippen molar-refractivity contribution in [1.29, 1.82) is 0 Å². The molecule has 0 fully saturated rings. The van der Waals surface area contributed by atoms with Gasteiger partial charge in [0.15, 0.2) is 5.69 Å². The number of hydrogen-bond acceptors (Lipinski definition) is 5. The van der Waals surface area contributed by atoms with Gasteiger partial charge in [-0.25, -0.2) is 9.78 Å². The lowest BCUT2D eigenvalue weighted by molar-refractivity contribution is 0.0521. The SMILES string of the molecule is C#CCSCCn1c(CC)nc(C(=O)OCC)c1N. The van der Waals surface area contributed by atoms with Crippen LogP contribution in [0.25, 0.3) is 0 Å². The Labute approximate surface area is 117 Å². The zero-order valence-corrected chi connectivity index (χ0v) is 12.1. The first kappa shape index (κ1) is 15.4. The Hall–Kier alpha value is -1.61. The number of nitrogen functional groups attached to an aromatic ring is 1. The lowest BCUT2D eigenvalue weighted by Gasteiger charge is -2.07. The number of hydrogen-bond donors (Lipinski definition) is 1. The van der Waals surface area contributed by atoms with Crippen LogP contribution in [0.5, 0.6) is 0 Å². The highest BCUT2D eigenvalue weighted by molar-refractivity contribution is 7.99. The van der Waals surface area contributed by atoms with E-state index >= 15 is 0 Å². The van der Waals surface area contributed by atoms with Crippen LogP contribution < -0.4 is 5.73 Å². The predicted molar refractivity (Wildman–Crippen MR) is 78.1 cm³/mol. The Kier molecular flexibility index (Phi) is 6.30. The molecule has 0 saturated heterocycles. The van der Waals surface area contributed by atoms with E-state index < -0.39 is 5.97 Å². The molecule has 1 rings (SSSR count). The number of nitrogens with zero attached hydrogens (tertiary/aromatic N) is 2. The largest absolute Gasteiger partial charge is 0.461 e. The number of terminal acetylenes is 1. The van der Waals surface area contributed by atoms with Crippen LogP contribution >= 0.6 is 11.8 Å². The van der Waals surface area contributed by atoms with Gasteiger partial charge in [0.1, 0.15) is 11.6 Å². The van der Waals surface area contributed by atoms with Gasteiger partial charge in [0, 0.05) is 18.7 Å². The average molecular weight is 281 g/mol. The number of thioether (sulfide) groups is 1. The van der Waals surface area contributed by atoms with Crippen molar-refractivity contribution in [3.63, 3.8) is 0 Å². The second kappa shape index (κ2) is 7.74. The molecule has 0 saturated carbocycles. The first-order chi connectivity index (χ1) is 9.15. The van der Waals surface area contributed by atoms with Crippen LogP contribution in [-0.4, -0.2) is 33.6 Å². The van der Waals surface area contributed by atoms with Crippen LogP contribution in [0.1, 0.15) is 30.2 Å². The topological polar surface area (TPSA) is 70.1 Å². The molecule has 6 heteroatoms. The van der Waals surface area contributed by atoms with Crippen molar-refractivity contribution in [2.75, 3.05) is 23.8 Å². The Balaban J connectivity index is 2.85. The number of carbonyl (C=O) groups is 1. The van der Waals surface area contributed by atoms with E-state index in [2.05, 4.69) is 10.9 Å². The molecule has 0 atom stereocenters. The standard InChI is InChI=1S/C13H19N3O2S/c1-4-8-19-9-7-16-10(5-2)15-11(12(16)14)13(17)18-6-3/h1H,5-9,14H2,2-3H3. The van der Waals surface area contributed by atoms with Crippen molar-refractivity contribution in [3.8, 4) is 12.3 Å². The highest BCUT2D eigenvalue weighted by Gasteiger charge is 2.20. The van der Waals surface area contributed by atoms with E-state index in [4.69, 9.17) is 16.9 Å². The maximum Gasteiger partial charge on any atom is 0.360 e. The average Bonchev–Trinajstić information content (AvgIpc) is 2.72. The van der Waals surface area contributed by atoms with Gasteiger partial charge >= 0.3 is 5.97 Å². The Morgan fingerprint density at radius 1 is 1.58 bits per heavy atom. The van der Waals surface area contributed by atoms with E-state index in [1.165, 1.54) is 0 Å². The molecular weight excluding hydrogens is 262 g/mol. The quantitative estimate of drug-likeness (QED) is 0.467. The third kappa shape index (κ3) is 3.93. The minimum Gasteiger partial charge on any atom is -0.461 e. The zero-order chi connectivity index (χ0) is 14.3. The predicted octanol–water partition coefficient (Wildman–Crippen LogP) is 1.57. The summed E-state index contributed by atoms with van der Waals surface area (Å²) in [4.78, 5) is 16.0. The van der Waals surface area contributed by atoms with Gasteiger partial charge in [-0.15, -0.1) is 18.2 Å². The summed E-state index contributed by atoms with van der Waals surface area (Å²) >= 11 is 1.65. The van der Waals surface area contributed by atoms with Crippen molar-refractivity contribution in [1.82, 2.24) is 9.55 Å². The van der Waals surface area contributed by atoms with Gasteiger partial charge in [-0.2, -0.15) is 0 Å². The first-order valence-corrected chi connectivity index (χ1v) is 7.34. The van der Waals surface area contributed by atoms with Crippen molar-refractivity contribution in [2.24, 2.45) is 0 Å². The summed E-state index contributed by atoms with van der Waals surface area (Å²) in [7, 11) is 0. The number of aryl methyl sites for hydroxylation is 1. The van der Waals surface area contributed by atoms with E-state index in [1.807, 2.05) is 11.5 Å². The number of esters is 1. The van der Waals surface area contributed by atoms with Crippen LogP contribution in [0, 0.1) is 12.3 Å². The van der Waals surface area contributed by atoms with E-state index in [0.29, 0.717) is 31.1 Å². The highest BCUT2D eigenvalue weighted by atomic mass is 32.2. The molecule has 19 heavy (non-hydrogen) atoms. The van der Waals surface area contributed by atoms with Gasteiger partial charge in [0.05, 0.1) is 12.4 Å². The minimum absolute atomic E-state index is 0.209. The summed E-state index contributed by atoms with van der Waals surface area (Å²) in [5.74, 6) is 4.77. The van der Waals surface area contributed by atoms with Crippen LogP contribution in [0.2, 0.25) is 0 Å². The monoisotopic (exact) mass is 281 g/mol. The molecule has 104 valence electrons. The van der Waals surface area contributed by atoms with Crippen LogP contribution in [0.15, 0.2) is 0 Å². The normalized spacial score (nSPS) is 10.2. The molecule has 1 aromatic rings. The number of rotatable bonds is 7. The van der Waals surface area contributed by atoms with Gasteiger partial charge in [0.2, 0.25) is 0 Å². The fourth-order valence-corrected chi connectivity index (χ4v) is 2.24. The molecule has 1 heterocycles. The molecular formula is C13H19N3O2S. The smallest absolute Gasteiger partial charge is 0.360 e. The summed E-state index contributed by atoms with van der Waals surface area (Å²) in [6.45, 7) is 4.72. The van der Waals surface area contributed by atoms with Gasteiger partial charge in [0.25, 0.3) is 0 Å². The second-order valence-electron chi connectivity index (χ2n) is 3.74. The third-order valence-electron chi connectivity index (χ3n) is 2.52. The third-order valence-corrected chi connectivity index (χ3v) is 3.36. The summed E-state index contributed by atoms with van der Waals surface area (Å²) in [6.07, 6.45) is 5.91. The van der Waals surface area contributed by atoms with E-state index in [0.717, 1.165) is 11.6 Å². The first-order valence-electron chi connectivity index (χ1n) is 6.18. The number of ether oxygens (including phenoxy) is 1. The molecule has 0 aromatic carbocycles. The molecule has 2 N–H and O–H groups in total. The fourth-order valence-electron chi connectivity index (χ4n) is 1.67. The van der Waals surface area contributed by atoms with E-state index in [-0.39, 0.29) is 5.69 Å². The maximum absolute atomic E-state index is 11.7. The highest BCUT2D eigenvalue weighted by Crippen LogP contribution is 2.17. The zero-order valence-electron chi connectivity index (χ0n) is 11.3. The number of imidazole rings is 1. The molecule has 5 nitrogen and oxygen atoms in total. The maximum atomic E-state index is 11.7. The van der Waals surface area contributed by atoms with Gasteiger partial charge < -0.3 is 15.0 Å². The summed E-state index contributed by atoms with van der Waals surface area (Å²) in [6, 6.07) is 0. The van der Waals surface area contributed by atoms with Crippen molar-refractivity contribution in [2.45, 2.75) is 26.8 Å². The lowest BCUT2D eigenvalue weighted by atomic mass is 10.4. The molecule has 0 aliphatic heterocycles. The lowest BCUT2D eigenvalue weighted by Crippen LogP contribution is -2.11. The molecule has 1 aromatic heterocycles. The molecule has 0 bridgehead atoms. The Bertz CT molecular complexity index is 477. The molecule has 0 unspecified atom stereocenters. The van der Waals surface area contributed by atoms with Gasteiger partial charge in [-0.05, 0) is 6.92 Å². The van der Waals surface area contributed by atoms with Crippen molar-refractivity contribution in [3.05, 3.63) is 11.5 Å². The molecule has 0 radical (unpaired) electrons. The molecule has 0 spiro atoms. The second-order valence-corrected chi connectivity index (χ2v) is 4.85. The number of anilines is 1. The van der Waals surface area contributed by atoms with Crippen LogP contribution in [-0.2, 0) is 17.7 Å². The van der Waals surface area contributed by atoms with Crippen molar-refractivity contribution < 1.29 is 9.53 Å². The summed E-state index contributed by atoms with van der Waals surface area (Å²) in [5, 5.41) is 0.